The summed E-state index contributed by atoms with van der Waals surface area (Å²) in [5, 5.41) is 9.53. The number of hydrogen-bond acceptors (Lipinski definition) is 3. The van der Waals surface area contributed by atoms with Gasteiger partial charge in [-0.2, -0.15) is 0 Å². The van der Waals surface area contributed by atoms with E-state index in [1.807, 2.05) is 6.92 Å². The van der Waals surface area contributed by atoms with E-state index in [2.05, 4.69) is 0 Å². The predicted molar refractivity (Wildman–Crippen MR) is 50.8 cm³/mol. The van der Waals surface area contributed by atoms with Crippen LogP contribution >= 0.6 is 0 Å². The third-order valence-electron chi connectivity index (χ3n) is 2.65. The number of rotatable bonds is 2. The van der Waals surface area contributed by atoms with E-state index in [4.69, 9.17) is 0 Å². The number of nitrogens with zero attached hydrogens (tertiary/aromatic N) is 1. The van der Waals surface area contributed by atoms with E-state index in [9.17, 15) is 13.5 Å². The van der Waals surface area contributed by atoms with Gasteiger partial charge in [0.1, 0.15) is 0 Å². The normalized spacial score (nSPS) is 31.9. The smallest absolute Gasteiger partial charge is 0.211 e. The van der Waals surface area contributed by atoms with Gasteiger partial charge < -0.3 is 5.11 Å². The third kappa shape index (κ3) is 2.65. The van der Waals surface area contributed by atoms with Crippen LogP contribution in [0, 0.1) is 5.92 Å². The summed E-state index contributed by atoms with van der Waals surface area (Å²) in [4.78, 5) is 0. The lowest BCUT2D eigenvalue weighted by atomic mass is 9.94. The fraction of sp³-hybridized carbons (Fsp3) is 1.00. The molecule has 0 aliphatic carbocycles. The first kappa shape index (κ1) is 10.9. The van der Waals surface area contributed by atoms with Crippen LogP contribution in [0.2, 0.25) is 0 Å². The van der Waals surface area contributed by atoms with Crippen molar-refractivity contribution in [2.75, 3.05) is 19.3 Å². The Morgan fingerprint density at radius 2 is 2.15 bits per heavy atom. The van der Waals surface area contributed by atoms with Crippen LogP contribution in [0.5, 0.6) is 0 Å². The van der Waals surface area contributed by atoms with Crippen LogP contribution in [-0.4, -0.2) is 43.3 Å². The summed E-state index contributed by atoms with van der Waals surface area (Å²) >= 11 is 0. The second-order valence-electron chi connectivity index (χ2n) is 3.65. The maximum atomic E-state index is 11.2. The molecule has 0 spiro atoms. The van der Waals surface area contributed by atoms with E-state index in [1.165, 1.54) is 10.6 Å². The molecule has 78 valence electrons. The van der Waals surface area contributed by atoms with Crippen molar-refractivity contribution in [2.24, 2.45) is 5.92 Å². The van der Waals surface area contributed by atoms with Gasteiger partial charge in [0.05, 0.1) is 12.4 Å². The van der Waals surface area contributed by atoms with Crippen molar-refractivity contribution in [3.8, 4) is 0 Å². The summed E-state index contributed by atoms with van der Waals surface area (Å²) in [5.41, 5.74) is 0. The van der Waals surface area contributed by atoms with Gasteiger partial charge in [-0.05, 0) is 18.8 Å². The number of aliphatic hydroxyl groups is 1. The van der Waals surface area contributed by atoms with Crippen molar-refractivity contribution in [2.45, 2.75) is 25.9 Å². The molecule has 13 heavy (non-hydrogen) atoms. The summed E-state index contributed by atoms with van der Waals surface area (Å²) in [5.74, 6) is 0.100. The summed E-state index contributed by atoms with van der Waals surface area (Å²) in [6.07, 6.45) is 2.28. The van der Waals surface area contributed by atoms with Crippen molar-refractivity contribution < 1.29 is 13.5 Å². The minimum absolute atomic E-state index is 0.100. The predicted octanol–water partition coefficient (Wildman–Crippen LogP) is 0.0388. The van der Waals surface area contributed by atoms with E-state index >= 15 is 0 Å². The van der Waals surface area contributed by atoms with Gasteiger partial charge in [0.25, 0.3) is 0 Å². The molecule has 2 unspecified atom stereocenters. The Kier molecular flexibility index (Phi) is 3.32. The maximum Gasteiger partial charge on any atom is 0.211 e. The largest absolute Gasteiger partial charge is 0.393 e. The van der Waals surface area contributed by atoms with Gasteiger partial charge in [-0.1, -0.05) is 6.92 Å². The van der Waals surface area contributed by atoms with Gasteiger partial charge in [0.15, 0.2) is 0 Å². The zero-order valence-electron chi connectivity index (χ0n) is 8.10. The Morgan fingerprint density at radius 3 is 2.62 bits per heavy atom. The van der Waals surface area contributed by atoms with Crippen LogP contribution < -0.4 is 0 Å². The molecule has 4 nitrogen and oxygen atoms in total. The Labute approximate surface area is 79.6 Å². The molecular weight excluding hydrogens is 190 g/mol. The molecular formula is C8H17NO3S. The highest BCUT2D eigenvalue weighted by molar-refractivity contribution is 7.88. The molecule has 1 fully saturated rings. The lowest BCUT2D eigenvalue weighted by Crippen LogP contribution is -2.45. The first-order chi connectivity index (χ1) is 5.95. The minimum Gasteiger partial charge on any atom is -0.393 e. The maximum absolute atomic E-state index is 11.2. The van der Waals surface area contributed by atoms with Gasteiger partial charge >= 0.3 is 0 Å². The fourth-order valence-electron chi connectivity index (χ4n) is 1.69. The molecule has 0 aromatic carbocycles. The van der Waals surface area contributed by atoms with Gasteiger partial charge in [-0.25, -0.2) is 12.7 Å². The Morgan fingerprint density at radius 1 is 1.54 bits per heavy atom. The number of aliphatic hydroxyl groups excluding tert-OH is 1. The second-order valence-corrected chi connectivity index (χ2v) is 5.63. The monoisotopic (exact) mass is 207 g/mol. The van der Waals surface area contributed by atoms with Gasteiger partial charge in [-0.15, -0.1) is 0 Å². The topological polar surface area (TPSA) is 57.6 Å². The molecule has 1 aliphatic heterocycles. The van der Waals surface area contributed by atoms with Gasteiger partial charge in [0.2, 0.25) is 10.0 Å². The van der Waals surface area contributed by atoms with E-state index in [-0.39, 0.29) is 12.0 Å². The molecule has 0 amide bonds. The summed E-state index contributed by atoms with van der Waals surface area (Å²) < 4.78 is 23.8. The molecule has 1 rings (SSSR count). The van der Waals surface area contributed by atoms with E-state index in [0.29, 0.717) is 19.5 Å². The average Bonchev–Trinajstić information content (AvgIpc) is 2.03. The molecule has 0 bridgehead atoms. The zero-order chi connectivity index (χ0) is 10.1. The van der Waals surface area contributed by atoms with Crippen LogP contribution in [0.15, 0.2) is 0 Å². The quantitative estimate of drug-likeness (QED) is 0.695. The Balaban J connectivity index is 2.65. The first-order valence-corrected chi connectivity index (χ1v) is 6.43. The second kappa shape index (κ2) is 3.94. The van der Waals surface area contributed by atoms with Crippen molar-refractivity contribution in [3.05, 3.63) is 0 Å². The molecule has 1 N–H and O–H groups in total. The number of piperidine rings is 1. The van der Waals surface area contributed by atoms with Crippen LogP contribution in [0.1, 0.15) is 19.8 Å². The highest BCUT2D eigenvalue weighted by Crippen LogP contribution is 2.21. The van der Waals surface area contributed by atoms with Crippen LogP contribution in [0.3, 0.4) is 0 Å². The standard InChI is InChI=1S/C8H17NO3S/c1-3-7-6-9(13(2,11)12)5-4-8(7)10/h7-8,10H,3-6H2,1-2H3. The van der Waals surface area contributed by atoms with Gasteiger partial charge in [0, 0.05) is 13.1 Å². The average molecular weight is 207 g/mol. The molecule has 1 aliphatic rings. The van der Waals surface area contributed by atoms with E-state index in [0.717, 1.165) is 6.42 Å². The van der Waals surface area contributed by atoms with Crippen molar-refractivity contribution >= 4 is 10.0 Å². The SMILES string of the molecule is CCC1CN(S(C)(=O)=O)CCC1O. The Bertz CT molecular complexity index is 263. The van der Waals surface area contributed by atoms with E-state index in [1.54, 1.807) is 0 Å². The first-order valence-electron chi connectivity index (χ1n) is 4.58. The fourth-order valence-corrected chi connectivity index (χ4v) is 2.59. The third-order valence-corrected chi connectivity index (χ3v) is 3.92. The van der Waals surface area contributed by atoms with Crippen LogP contribution in [0.25, 0.3) is 0 Å². The zero-order valence-corrected chi connectivity index (χ0v) is 8.92. The lowest BCUT2D eigenvalue weighted by molar-refractivity contribution is 0.0523. The molecule has 1 saturated heterocycles. The molecule has 0 radical (unpaired) electrons. The van der Waals surface area contributed by atoms with Crippen LogP contribution in [-0.2, 0) is 10.0 Å². The molecule has 1 heterocycles. The molecule has 0 aromatic rings. The Hall–Kier alpha value is -0.130. The van der Waals surface area contributed by atoms with Crippen molar-refractivity contribution in [1.82, 2.24) is 4.31 Å². The number of hydrogen-bond donors (Lipinski definition) is 1. The van der Waals surface area contributed by atoms with Crippen molar-refractivity contribution in [3.63, 3.8) is 0 Å². The highest BCUT2D eigenvalue weighted by atomic mass is 32.2. The lowest BCUT2D eigenvalue weighted by Gasteiger charge is -2.34. The summed E-state index contributed by atoms with van der Waals surface area (Å²) in [6.45, 7) is 2.90. The minimum atomic E-state index is -3.07. The highest BCUT2D eigenvalue weighted by Gasteiger charge is 2.30. The van der Waals surface area contributed by atoms with Crippen molar-refractivity contribution in [1.29, 1.82) is 0 Å². The van der Waals surface area contributed by atoms with Crippen LogP contribution in [0.4, 0.5) is 0 Å². The number of sulfonamides is 1. The molecule has 0 saturated carbocycles. The van der Waals surface area contributed by atoms with Gasteiger partial charge in [-0.3, -0.25) is 0 Å². The van der Waals surface area contributed by atoms with E-state index < -0.39 is 10.0 Å². The molecule has 5 heteroatoms. The molecule has 2 atom stereocenters. The molecule has 0 aromatic heterocycles. The summed E-state index contributed by atoms with van der Waals surface area (Å²) in [7, 11) is -3.07. The summed E-state index contributed by atoms with van der Waals surface area (Å²) in [6, 6.07) is 0.